The molecule has 1 atom stereocenters. The second-order valence-corrected chi connectivity index (χ2v) is 7.75. The standard InChI is InChI=1S/C24H32N2O4/c1-18(2)19-4-10-22(11-5-19)30-17-24(27)25-16-23(26-12-14-29-15-13-26)20-6-8-21(28-3)9-7-20/h4-11,18,23H,12-17H2,1-3H3,(H,25,27). The molecule has 6 heteroatoms. The Morgan fingerprint density at radius 2 is 1.60 bits per heavy atom. The van der Waals surface area contributed by atoms with Crippen LogP contribution in [-0.4, -0.2) is 57.4 Å². The summed E-state index contributed by atoms with van der Waals surface area (Å²) in [5.41, 5.74) is 2.39. The first-order valence-corrected chi connectivity index (χ1v) is 10.5. The second-order valence-electron chi connectivity index (χ2n) is 7.75. The molecule has 1 aliphatic rings. The van der Waals surface area contributed by atoms with Crippen molar-refractivity contribution in [2.24, 2.45) is 0 Å². The highest BCUT2D eigenvalue weighted by Gasteiger charge is 2.23. The van der Waals surface area contributed by atoms with E-state index in [1.54, 1.807) is 7.11 Å². The van der Waals surface area contributed by atoms with Crippen molar-refractivity contribution in [1.29, 1.82) is 0 Å². The third-order valence-corrected chi connectivity index (χ3v) is 5.40. The minimum atomic E-state index is -0.130. The first kappa shape index (κ1) is 22.1. The third-order valence-electron chi connectivity index (χ3n) is 5.40. The van der Waals surface area contributed by atoms with E-state index in [9.17, 15) is 4.79 Å². The lowest BCUT2D eigenvalue weighted by molar-refractivity contribution is -0.123. The molecule has 0 bridgehead atoms. The topological polar surface area (TPSA) is 60.0 Å². The molecular weight excluding hydrogens is 380 g/mol. The predicted molar refractivity (Wildman–Crippen MR) is 117 cm³/mol. The van der Waals surface area contributed by atoms with Gasteiger partial charge in [0.25, 0.3) is 5.91 Å². The van der Waals surface area contributed by atoms with Crippen molar-refractivity contribution in [1.82, 2.24) is 10.2 Å². The van der Waals surface area contributed by atoms with Crippen molar-refractivity contribution in [3.8, 4) is 11.5 Å². The fraction of sp³-hybridized carbons (Fsp3) is 0.458. The Balaban J connectivity index is 1.56. The van der Waals surface area contributed by atoms with Crippen molar-refractivity contribution >= 4 is 5.91 Å². The fourth-order valence-corrected chi connectivity index (χ4v) is 3.53. The largest absolute Gasteiger partial charge is 0.497 e. The third kappa shape index (κ3) is 6.21. The van der Waals surface area contributed by atoms with Crippen LogP contribution in [0.3, 0.4) is 0 Å². The number of hydrogen-bond donors (Lipinski definition) is 1. The van der Waals surface area contributed by atoms with Crippen LogP contribution in [0, 0.1) is 0 Å². The highest BCUT2D eigenvalue weighted by atomic mass is 16.5. The molecule has 30 heavy (non-hydrogen) atoms. The molecule has 0 aliphatic carbocycles. The van der Waals surface area contributed by atoms with Gasteiger partial charge in [-0.25, -0.2) is 0 Å². The number of nitrogens with one attached hydrogen (secondary N) is 1. The van der Waals surface area contributed by atoms with Crippen LogP contribution >= 0.6 is 0 Å². The molecular formula is C24H32N2O4. The minimum absolute atomic E-state index is 0.000527. The molecule has 1 saturated heterocycles. The zero-order chi connectivity index (χ0) is 21.3. The highest BCUT2D eigenvalue weighted by Crippen LogP contribution is 2.24. The molecule has 3 rings (SSSR count). The van der Waals surface area contributed by atoms with Gasteiger partial charge in [-0.3, -0.25) is 9.69 Å². The monoisotopic (exact) mass is 412 g/mol. The molecule has 1 amide bonds. The number of carbonyl (C=O) groups is 1. The zero-order valence-electron chi connectivity index (χ0n) is 18.1. The van der Waals surface area contributed by atoms with Gasteiger partial charge in [-0.1, -0.05) is 38.1 Å². The van der Waals surface area contributed by atoms with Crippen molar-refractivity contribution in [2.75, 3.05) is 46.6 Å². The van der Waals surface area contributed by atoms with E-state index in [0.717, 1.165) is 24.4 Å². The lowest BCUT2D eigenvalue weighted by Gasteiger charge is -2.35. The van der Waals surface area contributed by atoms with Crippen LogP contribution in [0.1, 0.15) is 36.9 Å². The molecule has 0 radical (unpaired) electrons. The molecule has 2 aromatic carbocycles. The van der Waals surface area contributed by atoms with E-state index in [1.165, 1.54) is 5.56 Å². The van der Waals surface area contributed by atoms with Crippen molar-refractivity contribution < 1.29 is 19.0 Å². The molecule has 1 aliphatic heterocycles. The lowest BCUT2D eigenvalue weighted by atomic mass is 10.0. The Morgan fingerprint density at radius 3 is 2.20 bits per heavy atom. The SMILES string of the molecule is COc1ccc(C(CNC(=O)COc2ccc(C(C)C)cc2)N2CCOCC2)cc1. The van der Waals surface area contributed by atoms with Gasteiger partial charge in [-0.15, -0.1) is 0 Å². The van der Waals surface area contributed by atoms with Gasteiger partial charge in [-0.2, -0.15) is 0 Å². The average molecular weight is 413 g/mol. The Kier molecular flexibility index (Phi) is 8.11. The van der Waals surface area contributed by atoms with Crippen LogP contribution in [0.15, 0.2) is 48.5 Å². The van der Waals surface area contributed by atoms with Crippen LogP contribution in [0.2, 0.25) is 0 Å². The van der Waals surface area contributed by atoms with E-state index >= 15 is 0 Å². The van der Waals surface area contributed by atoms with Gasteiger partial charge in [0, 0.05) is 19.6 Å². The van der Waals surface area contributed by atoms with Crippen LogP contribution < -0.4 is 14.8 Å². The molecule has 1 unspecified atom stereocenters. The number of nitrogens with zero attached hydrogens (tertiary/aromatic N) is 1. The first-order chi connectivity index (χ1) is 14.6. The van der Waals surface area contributed by atoms with E-state index in [0.29, 0.717) is 31.4 Å². The highest BCUT2D eigenvalue weighted by molar-refractivity contribution is 5.77. The molecule has 2 aromatic rings. The number of benzene rings is 2. The van der Waals surface area contributed by atoms with Gasteiger partial charge in [0.05, 0.1) is 26.4 Å². The number of methoxy groups -OCH3 is 1. The fourth-order valence-electron chi connectivity index (χ4n) is 3.53. The summed E-state index contributed by atoms with van der Waals surface area (Å²) in [7, 11) is 1.66. The predicted octanol–water partition coefficient (Wildman–Crippen LogP) is 3.39. The van der Waals surface area contributed by atoms with E-state index in [-0.39, 0.29) is 18.6 Å². The second kappa shape index (κ2) is 11.0. The first-order valence-electron chi connectivity index (χ1n) is 10.5. The maximum atomic E-state index is 12.4. The number of morpholine rings is 1. The number of rotatable bonds is 9. The van der Waals surface area contributed by atoms with Gasteiger partial charge >= 0.3 is 0 Å². The Hall–Kier alpha value is -2.57. The Bertz CT molecular complexity index is 784. The molecule has 1 fully saturated rings. The molecule has 1 heterocycles. The van der Waals surface area contributed by atoms with Crippen LogP contribution in [0.5, 0.6) is 11.5 Å². The summed E-state index contributed by atoms with van der Waals surface area (Å²) in [5.74, 6) is 1.86. The van der Waals surface area contributed by atoms with E-state index < -0.39 is 0 Å². The summed E-state index contributed by atoms with van der Waals surface area (Å²) in [6, 6.07) is 16.0. The summed E-state index contributed by atoms with van der Waals surface area (Å²) in [6.07, 6.45) is 0. The number of amides is 1. The normalized spacial score (nSPS) is 15.6. The summed E-state index contributed by atoms with van der Waals surface area (Å²) >= 11 is 0. The van der Waals surface area contributed by atoms with Gasteiger partial charge in [0.15, 0.2) is 6.61 Å². The van der Waals surface area contributed by atoms with Crippen molar-refractivity contribution in [2.45, 2.75) is 25.8 Å². The van der Waals surface area contributed by atoms with Crippen molar-refractivity contribution in [3.63, 3.8) is 0 Å². The zero-order valence-corrected chi connectivity index (χ0v) is 18.1. The van der Waals surface area contributed by atoms with Crippen LogP contribution in [-0.2, 0) is 9.53 Å². The maximum absolute atomic E-state index is 12.4. The quantitative estimate of drug-likeness (QED) is 0.684. The van der Waals surface area contributed by atoms with Crippen molar-refractivity contribution in [3.05, 3.63) is 59.7 Å². The summed E-state index contributed by atoms with van der Waals surface area (Å²) in [5, 5.41) is 3.03. The average Bonchev–Trinajstić information content (AvgIpc) is 2.79. The molecule has 0 spiro atoms. The van der Waals surface area contributed by atoms with E-state index in [1.807, 2.05) is 36.4 Å². The van der Waals surface area contributed by atoms with Gasteiger partial charge < -0.3 is 19.5 Å². The summed E-state index contributed by atoms with van der Waals surface area (Å²) in [6.45, 7) is 7.90. The lowest BCUT2D eigenvalue weighted by Crippen LogP contribution is -2.44. The molecule has 6 nitrogen and oxygen atoms in total. The molecule has 0 saturated carbocycles. The number of hydrogen-bond acceptors (Lipinski definition) is 5. The maximum Gasteiger partial charge on any atom is 0.258 e. The molecule has 1 N–H and O–H groups in total. The van der Waals surface area contributed by atoms with Gasteiger partial charge in [0.1, 0.15) is 11.5 Å². The summed E-state index contributed by atoms with van der Waals surface area (Å²) < 4.78 is 16.4. The van der Waals surface area contributed by atoms with Gasteiger partial charge in [0.2, 0.25) is 0 Å². The van der Waals surface area contributed by atoms with Crippen LogP contribution in [0.4, 0.5) is 0 Å². The smallest absolute Gasteiger partial charge is 0.258 e. The molecule has 162 valence electrons. The van der Waals surface area contributed by atoms with Gasteiger partial charge in [-0.05, 0) is 41.3 Å². The van der Waals surface area contributed by atoms with E-state index in [4.69, 9.17) is 14.2 Å². The number of carbonyl (C=O) groups excluding carboxylic acids is 1. The van der Waals surface area contributed by atoms with E-state index in [2.05, 4.69) is 36.2 Å². The Morgan fingerprint density at radius 1 is 1.00 bits per heavy atom. The summed E-state index contributed by atoms with van der Waals surface area (Å²) in [4.78, 5) is 14.8. The number of ether oxygens (including phenoxy) is 3. The minimum Gasteiger partial charge on any atom is -0.497 e. The molecule has 0 aromatic heterocycles. The van der Waals surface area contributed by atoms with Crippen LogP contribution in [0.25, 0.3) is 0 Å². The Labute approximate surface area is 179 Å².